The minimum absolute atomic E-state index is 0.0877. The van der Waals surface area contributed by atoms with Crippen LogP contribution in [0, 0.1) is 12.8 Å². The molecule has 0 fully saturated rings. The van der Waals surface area contributed by atoms with Crippen molar-refractivity contribution < 1.29 is 23.8 Å². The van der Waals surface area contributed by atoms with Crippen LogP contribution in [0.25, 0.3) is 0 Å². The molecule has 0 saturated carbocycles. The largest absolute Gasteiger partial charge is 0.492 e. The lowest BCUT2D eigenvalue weighted by Gasteiger charge is -2.20. The fourth-order valence-corrected chi connectivity index (χ4v) is 5.19. The third kappa shape index (κ3) is 4.01. The minimum atomic E-state index is -0.548. The molecule has 0 aromatic heterocycles. The first-order valence-electron chi connectivity index (χ1n) is 9.40. The lowest BCUT2D eigenvalue weighted by molar-refractivity contribution is -0.115. The van der Waals surface area contributed by atoms with E-state index in [0.717, 1.165) is 11.1 Å². The zero-order chi connectivity index (χ0) is 22.1. The smallest absolute Gasteiger partial charge is 0.289 e. The highest BCUT2D eigenvalue weighted by atomic mass is 79.9. The van der Waals surface area contributed by atoms with Crippen molar-refractivity contribution in [3.8, 4) is 17.2 Å². The third-order valence-electron chi connectivity index (χ3n) is 4.98. The van der Waals surface area contributed by atoms with E-state index in [2.05, 4.69) is 47.5 Å². The number of hydrazone groups is 1. The van der Waals surface area contributed by atoms with Crippen LogP contribution in [0.5, 0.6) is 17.2 Å². The van der Waals surface area contributed by atoms with Gasteiger partial charge in [0.05, 0.1) is 28.2 Å². The average Bonchev–Trinajstić information content (AvgIpc) is 3.36. The Morgan fingerprint density at radius 1 is 1.29 bits per heavy atom. The molecular formula is C21H19Br2N3O5. The molecule has 1 N–H and O–H groups in total. The van der Waals surface area contributed by atoms with Crippen LogP contribution in [-0.4, -0.2) is 31.7 Å². The Kier molecular flexibility index (Phi) is 6.19. The van der Waals surface area contributed by atoms with Gasteiger partial charge in [0.15, 0.2) is 23.3 Å². The van der Waals surface area contributed by atoms with E-state index in [-0.39, 0.29) is 18.4 Å². The summed E-state index contributed by atoms with van der Waals surface area (Å²) in [6.45, 7) is 3.93. The molecule has 2 aromatic rings. The molecule has 2 aliphatic rings. The van der Waals surface area contributed by atoms with Crippen molar-refractivity contribution in [1.29, 1.82) is 0 Å². The molecule has 0 aliphatic carbocycles. The van der Waals surface area contributed by atoms with E-state index in [1.807, 2.05) is 38.1 Å². The van der Waals surface area contributed by atoms with Gasteiger partial charge in [0.1, 0.15) is 0 Å². The van der Waals surface area contributed by atoms with Crippen LogP contribution in [0.1, 0.15) is 29.7 Å². The summed E-state index contributed by atoms with van der Waals surface area (Å²) in [6, 6.07) is 7.78. The minimum Gasteiger partial charge on any atom is -0.492 e. The van der Waals surface area contributed by atoms with E-state index in [4.69, 9.17) is 19.0 Å². The molecule has 0 saturated heterocycles. The van der Waals surface area contributed by atoms with E-state index in [1.54, 1.807) is 13.3 Å². The van der Waals surface area contributed by atoms with E-state index >= 15 is 0 Å². The first kappa shape index (κ1) is 21.6. The molecule has 0 spiro atoms. The number of hydrogen-bond donors (Lipinski definition) is 1. The Hall–Kier alpha value is -2.59. The molecular weight excluding hydrogens is 534 g/mol. The Morgan fingerprint density at radius 2 is 2.06 bits per heavy atom. The van der Waals surface area contributed by atoms with Gasteiger partial charge in [-0.3, -0.25) is 4.79 Å². The van der Waals surface area contributed by atoms with Gasteiger partial charge >= 0.3 is 0 Å². The lowest BCUT2D eigenvalue weighted by Crippen LogP contribution is -2.31. The van der Waals surface area contributed by atoms with Gasteiger partial charge in [0.25, 0.3) is 5.91 Å². The molecule has 31 heavy (non-hydrogen) atoms. The number of aryl methyl sites for hydroxylation is 1. The Balaban J connectivity index is 1.53. The number of rotatable bonds is 5. The van der Waals surface area contributed by atoms with Crippen LogP contribution in [0.3, 0.4) is 0 Å². The number of ether oxygens (including phenoxy) is 3. The van der Waals surface area contributed by atoms with Crippen molar-refractivity contribution in [2.45, 2.75) is 20.0 Å². The number of oxime groups is 1. The molecule has 8 nitrogen and oxygen atoms in total. The molecule has 0 unspecified atom stereocenters. The van der Waals surface area contributed by atoms with Crippen LogP contribution in [0.2, 0.25) is 0 Å². The quantitative estimate of drug-likeness (QED) is 0.436. The summed E-state index contributed by atoms with van der Waals surface area (Å²) in [5.74, 6) is 0.722. The normalized spacial score (nSPS) is 19.3. The highest BCUT2D eigenvalue weighted by Crippen LogP contribution is 2.55. The zero-order valence-electron chi connectivity index (χ0n) is 16.9. The Labute approximate surface area is 195 Å². The second kappa shape index (κ2) is 8.88. The van der Waals surface area contributed by atoms with Gasteiger partial charge < -0.3 is 19.0 Å². The number of hydrogen-bond acceptors (Lipinski definition) is 7. The maximum atomic E-state index is 12.6. The van der Waals surface area contributed by atoms with Gasteiger partial charge in [-0.25, -0.2) is 5.43 Å². The molecule has 0 bridgehead atoms. The second-order valence-corrected chi connectivity index (χ2v) is 8.63. The zero-order valence-corrected chi connectivity index (χ0v) is 20.1. The van der Waals surface area contributed by atoms with Crippen LogP contribution < -0.4 is 19.6 Å². The maximum absolute atomic E-state index is 12.6. The molecule has 0 radical (unpaired) electrons. The van der Waals surface area contributed by atoms with Crippen LogP contribution >= 0.6 is 31.9 Å². The van der Waals surface area contributed by atoms with Crippen molar-refractivity contribution in [1.82, 2.24) is 5.43 Å². The number of nitrogens with zero attached hydrogens (tertiary/aromatic N) is 2. The molecule has 2 aliphatic heterocycles. The van der Waals surface area contributed by atoms with E-state index in [9.17, 15) is 4.79 Å². The molecule has 1 amide bonds. The SMILES string of the molecule is COc1c(Br)c([C@H]2ON=C(C(=O)N/N=C\c3cccc(C)c3)[C@@H]2C)c(Br)c2c1OCO2. The second-order valence-electron chi connectivity index (χ2n) is 7.04. The summed E-state index contributed by atoms with van der Waals surface area (Å²) < 4.78 is 17.9. The summed E-state index contributed by atoms with van der Waals surface area (Å²) in [6.07, 6.45) is 1.04. The monoisotopic (exact) mass is 551 g/mol. The van der Waals surface area contributed by atoms with E-state index in [1.165, 1.54) is 0 Å². The molecule has 2 aromatic carbocycles. The Bertz CT molecular complexity index is 1100. The van der Waals surface area contributed by atoms with Gasteiger partial charge in [-0.2, -0.15) is 5.10 Å². The molecule has 10 heteroatoms. The van der Waals surface area contributed by atoms with Crippen LogP contribution in [0.15, 0.2) is 43.5 Å². The predicted molar refractivity (Wildman–Crippen MR) is 122 cm³/mol. The highest BCUT2D eigenvalue weighted by molar-refractivity contribution is 9.11. The van der Waals surface area contributed by atoms with Crippen molar-refractivity contribution in [2.75, 3.05) is 13.9 Å². The first-order valence-corrected chi connectivity index (χ1v) is 11.0. The number of methoxy groups -OCH3 is 1. The van der Waals surface area contributed by atoms with Crippen molar-refractivity contribution in [3.63, 3.8) is 0 Å². The fraction of sp³-hybridized carbons (Fsp3) is 0.286. The van der Waals surface area contributed by atoms with Gasteiger partial charge in [0, 0.05) is 5.56 Å². The van der Waals surface area contributed by atoms with Gasteiger partial charge in [0.2, 0.25) is 12.5 Å². The highest BCUT2D eigenvalue weighted by Gasteiger charge is 2.41. The Morgan fingerprint density at radius 3 is 2.81 bits per heavy atom. The molecule has 162 valence electrons. The summed E-state index contributed by atoms with van der Waals surface area (Å²) in [4.78, 5) is 18.3. The van der Waals surface area contributed by atoms with Crippen molar-refractivity contribution in [3.05, 3.63) is 49.9 Å². The van der Waals surface area contributed by atoms with E-state index in [0.29, 0.717) is 31.8 Å². The van der Waals surface area contributed by atoms with Gasteiger partial charge in [-0.15, -0.1) is 0 Å². The summed E-state index contributed by atoms with van der Waals surface area (Å²) in [5.41, 5.74) is 5.46. The van der Waals surface area contributed by atoms with Crippen molar-refractivity contribution in [2.24, 2.45) is 16.2 Å². The van der Waals surface area contributed by atoms with Crippen molar-refractivity contribution >= 4 is 49.7 Å². The van der Waals surface area contributed by atoms with Gasteiger partial charge in [-0.1, -0.05) is 41.9 Å². The average molecular weight is 553 g/mol. The lowest BCUT2D eigenvalue weighted by atomic mass is 9.93. The van der Waals surface area contributed by atoms with E-state index < -0.39 is 12.0 Å². The third-order valence-corrected chi connectivity index (χ3v) is 6.56. The number of halogens is 2. The predicted octanol–water partition coefficient (Wildman–Crippen LogP) is 4.47. The standard InChI is InChI=1S/C21H19Br2N3O5/c1-10-5-4-6-12(7-10)8-24-25-21(27)16-11(2)17(31-26-16)13-14(22)18(28-3)20-19(15(13)23)29-9-30-20/h4-8,11,17H,9H2,1-3H3,(H,25,27)/b24-8-/t11-,17-/m0/s1. The first-order chi connectivity index (χ1) is 14.9. The summed E-state index contributed by atoms with van der Waals surface area (Å²) in [7, 11) is 1.54. The molecule has 2 atom stereocenters. The number of benzene rings is 2. The number of nitrogens with one attached hydrogen (secondary N) is 1. The molecule has 2 heterocycles. The van der Waals surface area contributed by atoms with Crippen LogP contribution in [-0.2, 0) is 9.63 Å². The molecule has 4 rings (SSSR count). The van der Waals surface area contributed by atoms with Gasteiger partial charge in [-0.05, 0) is 44.3 Å². The number of carbonyl (C=O) groups excluding carboxylic acids is 1. The fourth-order valence-electron chi connectivity index (χ4n) is 3.44. The maximum Gasteiger partial charge on any atom is 0.289 e. The van der Waals surface area contributed by atoms with Crippen LogP contribution in [0.4, 0.5) is 0 Å². The summed E-state index contributed by atoms with van der Waals surface area (Å²) in [5, 5.41) is 8.05. The summed E-state index contributed by atoms with van der Waals surface area (Å²) >= 11 is 7.14. The number of amides is 1. The number of carbonyl (C=O) groups is 1. The topological polar surface area (TPSA) is 90.7 Å². The number of fused-ring (bicyclic) bond motifs is 1.